The first-order chi connectivity index (χ1) is 10.6. The van der Waals surface area contributed by atoms with E-state index < -0.39 is 0 Å². The Labute approximate surface area is 161 Å². The second-order valence-corrected chi connectivity index (χ2v) is 5.40. The molecule has 0 spiro atoms. The second kappa shape index (κ2) is 9.71. The molecule has 2 aromatic rings. The fraction of sp³-hybridized carbons (Fsp3) is 0.357. The first-order valence-electron chi connectivity index (χ1n) is 6.74. The maximum atomic E-state index is 5.22. The third-order valence-corrected chi connectivity index (χ3v) is 3.74. The summed E-state index contributed by atoms with van der Waals surface area (Å²) >= 11 is 3.48. The first-order valence-corrected chi connectivity index (χ1v) is 7.53. The van der Waals surface area contributed by atoms with Gasteiger partial charge in [-0.05, 0) is 33.6 Å². The van der Waals surface area contributed by atoms with Crippen LogP contribution in [0.3, 0.4) is 0 Å². The van der Waals surface area contributed by atoms with Crippen molar-refractivity contribution in [3.63, 3.8) is 0 Å². The number of nitrogens with zero attached hydrogens (tertiary/aromatic N) is 4. The number of aliphatic imine (C=N–C) groups is 1. The standard InChI is InChI=1S/C14H19BrN6O.HI/c1-16-14(18-8-13-19-9-20-21(13)2)17-7-10-4-5-12(22-3)11(15)6-10;/h4-6,9H,7-8H2,1-3H3,(H2,16,17,18);1H. The molecule has 0 saturated heterocycles. The number of aryl methyl sites for hydroxylation is 1. The molecular weight excluding hydrogens is 475 g/mol. The van der Waals surface area contributed by atoms with Crippen LogP contribution in [-0.2, 0) is 20.1 Å². The number of benzene rings is 1. The minimum Gasteiger partial charge on any atom is -0.496 e. The third-order valence-electron chi connectivity index (χ3n) is 3.12. The molecule has 0 aliphatic heterocycles. The molecule has 0 saturated carbocycles. The SMILES string of the molecule is CN=C(NCc1ccc(OC)c(Br)c1)NCc1ncnn1C.I. The molecule has 0 unspecified atom stereocenters. The van der Waals surface area contributed by atoms with Crippen LogP contribution < -0.4 is 15.4 Å². The molecule has 0 amide bonds. The predicted molar refractivity (Wildman–Crippen MR) is 104 cm³/mol. The number of guanidine groups is 1. The summed E-state index contributed by atoms with van der Waals surface area (Å²) in [4.78, 5) is 8.35. The summed E-state index contributed by atoms with van der Waals surface area (Å²) in [5, 5.41) is 10.5. The van der Waals surface area contributed by atoms with Crippen molar-refractivity contribution in [3.8, 4) is 5.75 Å². The molecule has 2 rings (SSSR count). The average Bonchev–Trinajstić information content (AvgIpc) is 2.93. The zero-order valence-electron chi connectivity index (χ0n) is 13.2. The van der Waals surface area contributed by atoms with Crippen molar-refractivity contribution in [3.05, 3.63) is 40.4 Å². The van der Waals surface area contributed by atoms with Crippen molar-refractivity contribution < 1.29 is 4.74 Å². The van der Waals surface area contributed by atoms with E-state index in [-0.39, 0.29) is 24.0 Å². The maximum absolute atomic E-state index is 5.22. The van der Waals surface area contributed by atoms with Crippen molar-refractivity contribution in [2.24, 2.45) is 12.0 Å². The summed E-state index contributed by atoms with van der Waals surface area (Å²) in [5.41, 5.74) is 1.12. The summed E-state index contributed by atoms with van der Waals surface area (Å²) in [6.45, 7) is 1.21. The van der Waals surface area contributed by atoms with Gasteiger partial charge in [0.25, 0.3) is 0 Å². The molecule has 0 fully saturated rings. The van der Waals surface area contributed by atoms with Gasteiger partial charge >= 0.3 is 0 Å². The molecule has 9 heteroatoms. The van der Waals surface area contributed by atoms with E-state index in [1.807, 2.05) is 25.2 Å². The van der Waals surface area contributed by atoms with E-state index in [1.54, 1.807) is 18.8 Å². The quantitative estimate of drug-likeness (QED) is 0.378. The van der Waals surface area contributed by atoms with Crippen LogP contribution in [0.15, 0.2) is 34.0 Å². The topological polar surface area (TPSA) is 76.4 Å². The summed E-state index contributed by atoms with van der Waals surface area (Å²) < 4.78 is 7.87. The summed E-state index contributed by atoms with van der Waals surface area (Å²) in [6, 6.07) is 5.95. The van der Waals surface area contributed by atoms with Gasteiger partial charge in [0.05, 0.1) is 18.1 Å². The molecule has 1 aromatic heterocycles. The van der Waals surface area contributed by atoms with Crippen LogP contribution in [0.1, 0.15) is 11.4 Å². The van der Waals surface area contributed by atoms with E-state index in [0.29, 0.717) is 19.0 Å². The lowest BCUT2D eigenvalue weighted by atomic mass is 10.2. The zero-order valence-corrected chi connectivity index (χ0v) is 17.1. The van der Waals surface area contributed by atoms with E-state index in [2.05, 4.69) is 41.6 Å². The Kier molecular flexibility index (Phi) is 8.31. The Morgan fingerprint density at radius 2 is 2.09 bits per heavy atom. The van der Waals surface area contributed by atoms with Gasteiger partial charge in [0.1, 0.15) is 17.9 Å². The summed E-state index contributed by atoms with van der Waals surface area (Å²) in [7, 11) is 5.24. The van der Waals surface area contributed by atoms with Crippen LogP contribution >= 0.6 is 39.9 Å². The predicted octanol–water partition coefficient (Wildman–Crippen LogP) is 2.07. The lowest BCUT2D eigenvalue weighted by Gasteiger charge is -2.12. The normalized spacial score (nSPS) is 10.9. The highest BCUT2D eigenvalue weighted by molar-refractivity contribution is 14.0. The van der Waals surface area contributed by atoms with Crippen molar-refractivity contribution in [2.45, 2.75) is 13.1 Å². The van der Waals surface area contributed by atoms with Gasteiger partial charge < -0.3 is 15.4 Å². The lowest BCUT2D eigenvalue weighted by Crippen LogP contribution is -2.36. The minimum absolute atomic E-state index is 0. The van der Waals surface area contributed by atoms with Crippen LogP contribution in [0.4, 0.5) is 0 Å². The highest BCUT2D eigenvalue weighted by atomic mass is 127. The van der Waals surface area contributed by atoms with Crippen molar-refractivity contribution >= 4 is 45.9 Å². The van der Waals surface area contributed by atoms with Crippen molar-refractivity contribution in [2.75, 3.05) is 14.2 Å². The number of halogens is 2. The number of rotatable bonds is 5. The number of hydrogen-bond acceptors (Lipinski definition) is 4. The Morgan fingerprint density at radius 3 is 2.65 bits per heavy atom. The van der Waals surface area contributed by atoms with Crippen LogP contribution in [0.25, 0.3) is 0 Å². The molecule has 126 valence electrons. The number of nitrogens with one attached hydrogen (secondary N) is 2. The molecule has 0 atom stereocenters. The number of aromatic nitrogens is 3. The molecule has 1 heterocycles. The molecule has 1 aromatic carbocycles. The fourth-order valence-corrected chi connectivity index (χ4v) is 2.46. The smallest absolute Gasteiger partial charge is 0.191 e. The van der Waals surface area contributed by atoms with E-state index in [4.69, 9.17) is 4.74 Å². The summed E-state index contributed by atoms with van der Waals surface area (Å²) in [5.74, 6) is 2.36. The van der Waals surface area contributed by atoms with Crippen molar-refractivity contribution in [1.82, 2.24) is 25.4 Å². The molecular formula is C14H20BrIN6O. The van der Waals surface area contributed by atoms with E-state index in [9.17, 15) is 0 Å². The Hall–Kier alpha value is -1.36. The van der Waals surface area contributed by atoms with Gasteiger partial charge in [0, 0.05) is 20.6 Å². The highest BCUT2D eigenvalue weighted by Crippen LogP contribution is 2.25. The van der Waals surface area contributed by atoms with Gasteiger partial charge in [-0.25, -0.2) is 4.98 Å². The highest BCUT2D eigenvalue weighted by Gasteiger charge is 2.04. The second-order valence-electron chi connectivity index (χ2n) is 4.55. The molecule has 0 aliphatic rings. The maximum Gasteiger partial charge on any atom is 0.191 e. The molecule has 0 aliphatic carbocycles. The third kappa shape index (κ3) is 5.65. The molecule has 0 bridgehead atoms. The minimum atomic E-state index is 0. The van der Waals surface area contributed by atoms with Gasteiger partial charge in [-0.2, -0.15) is 5.10 Å². The zero-order chi connectivity index (χ0) is 15.9. The van der Waals surface area contributed by atoms with E-state index in [1.165, 1.54) is 6.33 Å². The monoisotopic (exact) mass is 494 g/mol. The molecule has 23 heavy (non-hydrogen) atoms. The Bertz CT molecular complexity index is 660. The van der Waals surface area contributed by atoms with Crippen LogP contribution in [-0.4, -0.2) is 34.9 Å². The summed E-state index contributed by atoms with van der Waals surface area (Å²) in [6.07, 6.45) is 1.53. The largest absolute Gasteiger partial charge is 0.496 e. The average molecular weight is 495 g/mol. The van der Waals surface area contributed by atoms with Crippen LogP contribution in [0.5, 0.6) is 5.75 Å². The van der Waals surface area contributed by atoms with Crippen LogP contribution in [0.2, 0.25) is 0 Å². The Balaban J connectivity index is 0.00000264. The van der Waals surface area contributed by atoms with Gasteiger partial charge in [-0.3, -0.25) is 9.67 Å². The number of ether oxygens (including phenoxy) is 1. The van der Waals surface area contributed by atoms with Crippen LogP contribution in [0, 0.1) is 0 Å². The van der Waals surface area contributed by atoms with Gasteiger partial charge in [0.2, 0.25) is 0 Å². The molecule has 7 nitrogen and oxygen atoms in total. The van der Waals surface area contributed by atoms with Gasteiger partial charge in [-0.15, -0.1) is 24.0 Å². The first kappa shape index (κ1) is 19.7. The van der Waals surface area contributed by atoms with E-state index in [0.717, 1.165) is 21.6 Å². The van der Waals surface area contributed by atoms with Gasteiger partial charge in [-0.1, -0.05) is 6.07 Å². The van der Waals surface area contributed by atoms with E-state index >= 15 is 0 Å². The number of methoxy groups -OCH3 is 1. The van der Waals surface area contributed by atoms with Crippen molar-refractivity contribution in [1.29, 1.82) is 0 Å². The molecule has 0 radical (unpaired) electrons. The van der Waals surface area contributed by atoms with Gasteiger partial charge in [0.15, 0.2) is 5.96 Å². The Morgan fingerprint density at radius 1 is 1.35 bits per heavy atom. The molecule has 2 N–H and O–H groups in total. The fourth-order valence-electron chi connectivity index (χ4n) is 1.87. The lowest BCUT2D eigenvalue weighted by molar-refractivity contribution is 0.412. The number of hydrogen-bond donors (Lipinski definition) is 2.